The van der Waals surface area contributed by atoms with Crippen molar-refractivity contribution in [2.45, 2.75) is 31.0 Å². The van der Waals surface area contributed by atoms with Crippen LogP contribution < -0.4 is 14.2 Å². The van der Waals surface area contributed by atoms with Crippen molar-refractivity contribution in [3.63, 3.8) is 0 Å². The van der Waals surface area contributed by atoms with Gasteiger partial charge in [-0.1, -0.05) is 23.2 Å². The Morgan fingerprint density at radius 3 is 2.54 bits per heavy atom. The monoisotopic (exact) mass is 552 g/mol. The largest absolute Gasteiger partial charge is 0.490 e. The summed E-state index contributed by atoms with van der Waals surface area (Å²) in [7, 11) is 3.18. The summed E-state index contributed by atoms with van der Waals surface area (Å²) in [5.41, 5.74) is 1.08. The number of hydrogen-bond donors (Lipinski definition) is 2. The van der Waals surface area contributed by atoms with E-state index < -0.39 is 18.7 Å². The van der Waals surface area contributed by atoms with Crippen molar-refractivity contribution in [3.8, 4) is 17.2 Å². The zero-order valence-electron chi connectivity index (χ0n) is 20.7. The number of piperidine rings is 1. The molecule has 2 aromatic rings. The van der Waals surface area contributed by atoms with E-state index in [0.717, 1.165) is 43.7 Å². The standard InChI is InChI=1S/C26H30Cl2N2O7/c1-29(2)25(34)19-10-20(28)23(36-15-24(32)33)11-22(19)35-14-18(31)13-30-7-5-26(6-8-30)12-16-9-17(27)3-4-21(16)37-26/h3-4,9-11,18,31H,5-8,12-15H2,1-2H3,(H,32,33)/t18-/m1/s1. The fraction of sp³-hybridized carbons (Fsp3) is 0.462. The highest BCUT2D eigenvalue weighted by atomic mass is 35.5. The molecule has 2 N–H and O–H groups in total. The Morgan fingerprint density at radius 2 is 1.86 bits per heavy atom. The number of β-amino-alcohol motifs (C(OH)–C–C–N with tert-alkyl or cyclic N) is 1. The van der Waals surface area contributed by atoms with Gasteiger partial charge in [0.25, 0.3) is 5.91 Å². The highest BCUT2D eigenvalue weighted by Gasteiger charge is 2.42. The van der Waals surface area contributed by atoms with Gasteiger partial charge in [0.1, 0.15) is 35.6 Å². The molecule has 11 heteroatoms. The average molecular weight is 553 g/mol. The molecule has 1 fully saturated rings. The summed E-state index contributed by atoms with van der Waals surface area (Å²) >= 11 is 12.3. The maximum Gasteiger partial charge on any atom is 0.341 e. The first-order valence-corrected chi connectivity index (χ1v) is 12.7. The number of aliphatic hydroxyl groups excluding tert-OH is 1. The molecule has 2 heterocycles. The molecule has 37 heavy (non-hydrogen) atoms. The molecule has 0 aliphatic carbocycles. The summed E-state index contributed by atoms with van der Waals surface area (Å²) in [6.45, 7) is 1.24. The lowest BCUT2D eigenvalue weighted by molar-refractivity contribution is -0.139. The van der Waals surface area contributed by atoms with Crippen molar-refractivity contribution in [3.05, 3.63) is 51.5 Å². The van der Waals surface area contributed by atoms with Crippen molar-refractivity contribution in [2.24, 2.45) is 0 Å². The minimum Gasteiger partial charge on any atom is -0.490 e. The molecule has 2 aliphatic rings. The van der Waals surface area contributed by atoms with Gasteiger partial charge in [0, 0.05) is 64.1 Å². The fourth-order valence-electron chi connectivity index (χ4n) is 4.67. The Bertz CT molecular complexity index is 1170. The van der Waals surface area contributed by atoms with Crippen LogP contribution in [0.3, 0.4) is 0 Å². The van der Waals surface area contributed by atoms with E-state index >= 15 is 0 Å². The molecule has 200 valence electrons. The molecular formula is C26H30Cl2N2O7. The summed E-state index contributed by atoms with van der Waals surface area (Å²) in [4.78, 5) is 27.1. The van der Waals surface area contributed by atoms with Crippen LogP contribution in [0.15, 0.2) is 30.3 Å². The number of aliphatic hydroxyl groups is 1. The SMILES string of the molecule is CN(C)C(=O)c1cc(Cl)c(OCC(=O)O)cc1OC[C@H](O)CN1CCC2(CC1)Cc1cc(Cl)ccc1O2. The molecule has 0 aromatic heterocycles. The number of nitrogens with zero attached hydrogens (tertiary/aromatic N) is 2. The summed E-state index contributed by atoms with van der Waals surface area (Å²) < 4.78 is 17.3. The first kappa shape index (κ1) is 27.3. The maximum atomic E-state index is 12.6. The zero-order valence-corrected chi connectivity index (χ0v) is 22.2. The third-order valence-corrected chi connectivity index (χ3v) is 7.08. The lowest BCUT2D eigenvalue weighted by Gasteiger charge is -2.39. The Morgan fingerprint density at radius 1 is 1.14 bits per heavy atom. The number of ether oxygens (including phenoxy) is 3. The number of halogens is 2. The lowest BCUT2D eigenvalue weighted by atomic mass is 9.87. The second kappa shape index (κ2) is 11.3. The van der Waals surface area contributed by atoms with Crippen LogP contribution in [0.25, 0.3) is 0 Å². The number of likely N-dealkylation sites (tertiary alicyclic amines) is 1. The van der Waals surface area contributed by atoms with E-state index in [0.29, 0.717) is 11.6 Å². The smallest absolute Gasteiger partial charge is 0.341 e. The number of hydrogen-bond acceptors (Lipinski definition) is 7. The molecule has 4 rings (SSSR count). The van der Waals surface area contributed by atoms with E-state index in [2.05, 4.69) is 4.90 Å². The van der Waals surface area contributed by atoms with Gasteiger partial charge in [0.15, 0.2) is 6.61 Å². The van der Waals surface area contributed by atoms with E-state index in [1.54, 1.807) is 14.1 Å². The summed E-state index contributed by atoms with van der Waals surface area (Å²) in [6.07, 6.45) is 1.66. The Balaban J connectivity index is 1.34. The number of benzene rings is 2. The summed E-state index contributed by atoms with van der Waals surface area (Å²) in [6, 6.07) is 8.47. The minimum atomic E-state index is -1.17. The Kier molecular flexibility index (Phi) is 8.38. The number of carboxylic acid groups (broad SMARTS) is 1. The minimum absolute atomic E-state index is 0.0732. The van der Waals surface area contributed by atoms with Gasteiger partial charge in [-0.15, -0.1) is 0 Å². The quantitative estimate of drug-likeness (QED) is 0.487. The molecule has 1 saturated heterocycles. The Hall–Kier alpha value is -2.72. The van der Waals surface area contributed by atoms with Crippen molar-refractivity contribution >= 4 is 35.1 Å². The van der Waals surface area contributed by atoms with Crippen LogP contribution in [0.4, 0.5) is 0 Å². The average Bonchev–Trinajstić information content (AvgIpc) is 3.20. The number of fused-ring (bicyclic) bond motifs is 1. The Labute approximate surface area is 225 Å². The summed E-state index contributed by atoms with van der Waals surface area (Å²) in [5, 5.41) is 20.4. The number of carbonyl (C=O) groups excluding carboxylic acids is 1. The van der Waals surface area contributed by atoms with Gasteiger partial charge in [0.05, 0.1) is 10.6 Å². The molecule has 9 nitrogen and oxygen atoms in total. The molecule has 1 atom stereocenters. The molecule has 0 saturated carbocycles. The molecular weight excluding hydrogens is 523 g/mol. The number of carbonyl (C=O) groups is 2. The maximum absolute atomic E-state index is 12.6. The molecule has 1 amide bonds. The van der Waals surface area contributed by atoms with Gasteiger partial charge in [-0.05, 0) is 29.8 Å². The molecule has 1 spiro atoms. The van der Waals surface area contributed by atoms with E-state index in [-0.39, 0.29) is 40.2 Å². The van der Waals surface area contributed by atoms with Gasteiger partial charge >= 0.3 is 5.97 Å². The van der Waals surface area contributed by atoms with Gasteiger partial charge in [0.2, 0.25) is 0 Å². The highest BCUT2D eigenvalue weighted by molar-refractivity contribution is 6.32. The van der Waals surface area contributed by atoms with E-state index in [4.69, 9.17) is 42.5 Å². The molecule has 2 aliphatic heterocycles. The van der Waals surface area contributed by atoms with Crippen LogP contribution in [-0.2, 0) is 11.2 Å². The fourth-order valence-corrected chi connectivity index (χ4v) is 5.09. The van der Waals surface area contributed by atoms with Crippen molar-refractivity contribution in [2.75, 3.05) is 46.9 Å². The van der Waals surface area contributed by atoms with Crippen molar-refractivity contribution in [1.82, 2.24) is 9.80 Å². The van der Waals surface area contributed by atoms with Crippen LogP contribution in [0.2, 0.25) is 10.0 Å². The third-order valence-electron chi connectivity index (χ3n) is 6.55. The molecule has 2 aromatic carbocycles. The predicted molar refractivity (Wildman–Crippen MR) is 138 cm³/mol. The molecule has 0 bridgehead atoms. The van der Waals surface area contributed by atoms with Gasteiger partial charge in [-0.25, -0.2) is 4.79 Å². The van der Waals surface area contributed by atoms with E-state index in [1.807, 2.05) is 18.2 Å². The zero-order chi connectivity index (χ0) is 26.7. The molecule has 0 unspecified atom stereocenters. The topological polar surface area (TPSA) is 109 Å². The van der Waals surface area contributed by atoms with Crippen LogP contribution >= 0.6 is 23.2 Å². The van der Waals surface area contributed by atoms with Crippen LogP contribution in [-0.4, -0.2) is 90.5 Å². The highest BCUT2D eigenvalue weighted by Crippen LogP contribution is 2.42. The normalized spacial score (nSPS) is 17.1. The van der Waals surface area contributed by atoms with Gasteiger partial charge in [-0.3, -0.25) is 4.79 Å². The first-order chi connectivity index (χ1) is 17.5. The van der Waals surface area contributed by atoms with Crippen LogP contribution in [0.5, 0.6) is 17.2 Å². The first-order valence-electron chi connectivity index (χ1n) is 12.0. The number of rotatable bonds is 9. The van der Waals surface area contributed by atoms with Gasteiger partial charge < -0.3 is 34.2 Å². The lowest BCUT2D eigenvalue weighted by Crippen LogP contribution is -2.49. The van der Waals surface area contributed by atoms with Crippen molar-refractivity contribution in [1.29, 1.82) is 0 Å². The second-order valence-corrected chi connectivity index (χ2v) is 10.5. The summed E-state index contributed by atoms with van der Waals surface area (Å²) in [5.74, 6) is -0.401. The van der Waals surface area contributed by atoms with Crippen LogP contribution in [0, 0.1) is 0 Å². The van der Waals surface area contributed by atoms with Crippen LogP contribution in [0.1, 0.15) is 28.8 Å². The van der Waals surface area contributed by atoms with Gasteiger partial charge in [-0.2, -0.15) is 0 Å². The third kappa shape index (κ3) is 6.59. The number of amides is 1. The number of aliphatic carboxylic acids is 1. The second-order valence-electron chi connectivity index (χ2n) is 9.64. The van der Waals surface area contributed by atoms with Crippen molar-refractivity contribution < 1.29 is 34.0 Å². The predicted octanol–water partition coefficient (Wildman–Crippen LogP) is 3.37. The van der Waals surface area contributed by atoms with E-state index in [1.165, 1.54) is 17.0 Å². The van der Waals surface area contributed by atoms with E-state index in [9.17, 15) is 14.7 Å². The molecule has 0 radical (unpaired) electrons. The number of carboxylic acids is 1.